The zero-order valence-corrected chi connectivity index (χ0v) is 10.4. The fourth-order valence-corrected chi connectivity index (χ4v) is 1.81. The second-order valence-corrected chi connectivity index (χ2v) is 4.69. The van der Waals surface area contributed by atoms with Crippen molar-refractivity contribution in [2.75, 3.05) is 31.3 Å². The van der Waals surface area contributed by atoms with Crippen molar-refractivity contribution < 1.29 is 4.79 Å². The van der Waals surface area contributed by atoms with Crippen LogP contribution in [-0.2, 0) is 4.79 Å². The van der Waals surface area contributed by atoms with Crippen molar-refractivity contribution in [2.45, 2.75) is 18.9 Å². The molecule has 0 heterocycles. The highest BCUT2D eigenvalue weighted by Crippen LogP contribution is 2.25. The third-order valence-electron chi connectivity index (χ3n) is 3.21. The van der Waals surface area contributed by atoms with Crippen LogP contribution >= 0.6 is 0 Å². The number of amides is 1. The molecule has 1 aromatic rings. The monoisotopic (exact) mass is 233 g/mol. The fourth-order valence-electron chi connectivity index (χ4n) is 1.81. The molecule has 17 heavy (non-hydrogen) atoms. The smallest absolute Gasteiger partial charge is 0.240 e. The van der Waals surface area contributed by atoms with Gasteiger partial charge in [0.1, 0.15) is 0 Å². The average molecular weight is 233 g/mol. The summed E-state index contributed by atoms with van der Waals surface area (Å²) in [6, 6.07) is 7.96. The van der Waals surface area contributed by atoms with E-state index in [0.717, 1.165) is 5.69 Å². The predicted octanol–water partition coefficient (Wildman–Crippen LogP) is 1.33. The summed E-state index contributed by atoms with van der Waals surface area (Å²) < 4.78 is 0. The molecule has 1 fully saturated rings. The van der Waals surface area contributed by atoms with Crippen molar-refractivity contribution in [3.8, 4) is 0 Å². The van der Waals surface area contributed by atoms with Crippen molar-refractivity contribution in [1.29, 1.82) is 0 Å². The summed E-state index contributed by atoms with van der Waals surface area (Å²) in [5, 5.41) is 0. The number of hydrogen-bond donors (Lipinski definition) is 1. The molecule has 0 aromatic heterocycles. The summed E-state index contributed by atoms with van der Waals surface area (Å²) in [5.74, 6) is 0.115. The van der Waals surface area contributed by atoms with Crippen LogP contribution in [0.4, 0.5) is 11.4 Å². The van der Waals surface area contributed by atoms with Gasteiger partial charge in [-0.3, -0.25) is 9.69 Å². The van der Waals surface area contributed by atoms with E-state index in [1.807, 2.05) is 31.3 Å². The van der Waals surface area contributed by atoms with E-state index >= 15 is 0 Å². The summed E-state index contributed by atoms with van der Waals surface area (Å²) in [5.41, 5.74) is 7.22. The lowest BCUT2D eigenvalue weighted by atomic mass is 10.2. The van der Waals surface area contributed by atoms with E-state index in [2.05, 4.69) is 4.90 Å². The molecule has 1 amide bonds. The number of hydrogen-bond acceptors (Lipinski definition) is 3. The Bertz CT molecular complexity index is 398. The number of carbonyl (C=O) groups is 1. The molecule has 2 rings (SSSR count). The molecule has 1 saturated carbocycles. The Labute approximate surface area is 102 Å². The highest BCUT2D eigenvalue weighted by atomic mass is 16.2. The summed E-state index contributed by atoms with van der Waals surface area (Å²) in [6.07, 6.45) is 2.44. The van der Waals surface area contributed by atoms with Crippen molar-refractivity contribution in [3.05, 3.63) is 24.3 Å². The van der Waals surface area contributed by atoms with Gasteiger partial charge in [-0.2, -0.15) is 0 Å². The van der Waals surface area contributed by atoms with Crippen LogP contribution in [0.2, 0.25) is 0 Å². The van der Waals surface area contributed by atoms with Crippen LogP contribution in [0, 0.1) is 0 Å². The molecule has 0 atom stereocenters. The Morgan fingerprint density at radius 2 is 1.88 bits per heavy atom. The van der Waals surface area contributed by atoms with Gasteiger partial charge in [0, 0.05) is 24.5 Å². The van der Waals surface area contributed by atoms with Crippen LogP contribution in [0.15, 0.2) is 24.3 Å². The van der Waals surface area contributed by atoms with Gasteiger partial charge in [-0.15, -0.1) is 0 Å². The van der Waals surface area contributed by atoms with Gasteiger partial charge in [-0.05, 0) is 44.2 Å². The van der Waals surface area contributed by atoms with E-state index in [-0.39, 0.29) is 5.91 Å². The van der Waals surface area contributed by atoms with Gasteiger partial charge < -0.3 is 10.6 Å². The van der Waals surface area contributed by atoms with Crippen LogP contribution < -0.4 is 10.6 Å². The van der Waals surface area contributed by atoms with E-state index in [0.29, 0.717) is 18.3 Å². The lowest BCUT2D eigenvalue weighted by molar-refractivity contribution is -0.119. The van der Waals surface area contributed by atoms with E-state index < -0.39 is 0 Å². The molecule has 92 valence electrons. The molecule has 1 aliphatic carbocycles. The zero-order chi connectivity index (χ0) is 12.4. The number of nitrogens with zero attached hydrogens (tertiary/aromatic N) is 2. The Morgan fingerprint density at radius 1 is 1.29 bits per heavy atom. The highest BCUT2D eigenvalue weighted by molar-refractivity contribution is 5.94. The topological polar surface area (TPSA) is 49.6 Å². The Hall–Kier alpha value is -1.55. The molecule has 0 aliphatic heterocycles. The number of carbonyl (C=O) groups excluding carboxylic acids is 1. The van der Waals surface area contributed by atoms with Gasteiger partial charge >= 0.3 is 0 Å². The van der Waals surface area contributed by atoms with Crippen molar-refractivity contribution in [3.63, 3.8) is 0 Å². The van der Waals surface area contributed by atoms with Gasteiger partial charge in [0.2, 0.25) is 5.91 Å². The molecule has 0 bridgehead atoms. The molecule has 4 nitrogen and oxygen atoms in total. The summed E-state index contributed by atoms with van der Waals surface area (Å²) in [7, 11) is 3.81. The van der Waals surface area contributed by atoms with Crippen molar-refractivity contribution in [1.82, 2.24) is 4.90 Å². The van der Waals surface area contributed by atoms with Gasteiger partial charge in [0.25, 0.3) is 0 Å². The summed E-state index contributed by atoms with van der Waals surface area (Å²) >= 11 is 0. The Morgan fingerprint density at radius 3 is 2.41 bits per heavy atom. The van der Waals surface area contributed by atoms with Crippen molar-refractivity contribution >= 4 is 17.3 Å². The van der Waals surface area contributed by atoms with E-state index in [1.165, 1.54) is 12.8 Å². The van der Waals surface area contributed by atoms with Gasteiger partial charge in [-0.1, -0.05) is 0 Å². The molecule has 1 aromatic carbocycles. The first-order chi connectivity index (χ1) is 8.08. The van der Waals surface area contributed by atoms with E-state index in [9.17, 15) is 4.79 Å². The van der Waals surface area contributed by atoms with Crippen LogP contribution in [-0.4, -0.2) is 37.5 Å². The third kappa shape index (κ3) is 2.97. The first kappa shape index (κ1) is 11.9. The molecule has 0 unspecified atom stereocenters. The van der Waals surface area contributed by atoms with Crippen LogP contribution in [0.5, 0.6) is 0 Å². The standard InChI is InChI=1S/C13H19N3O/c1-15(11-7-8-11)9-13(17)16(2)12-5-3-10(14)4-6-12/h3-6,11H,7-9,14H2,1-2H3. The minimum atomic E-state index is 0.115. The van der Waals surface area contributed by atoms with E-state index in [1.54, 1.807) is 11.9 Å². The molecular weight excluding hydrogens is 214 g/mol. The molecule has 0 saturated heterocycles. The maximum Gasteiger partial charge on any atom is 0.240 e. The SMILES string of the molecule is CN(C(=O)CN(C)C1CC1)c1ccc(N)cc1. The second kappa shape index (κ2) is 4.75. The number of rotatable bonds is 4. The maximum atomic E-state index is 12.0. The van der Waals surface area contributed by atoms with Gasteiger partial charge in [0.15, 0.2) is 0 Å². The quantitative estimate of drug-likeness (QED) is 0.798. The number of benzene rings is 1. The second-order valence-electron chi connectivity index (χ2n) is 4.69. The summed E-state index contributed by atoms with van der Waals surface area (Å²) in [6.45, 7) is 0.478. The highest BCUT2D eigenvalue weighted by Gasteiger charge is 2.28. The number of likely N-dealkylation sites (N-methyl/N-ethyl adjacent to an activating group) is 2. The molecule has 2 N–H and O–H groups in total. The van der Waals surface area contributed by atoms with Crippen LogP contribution in [0.25, 0.3) is 0 Å². The number of nitrogen functional groups attached to an aromatic ring is 1. The first-order valence-corrected chi connectivity index (χ1v) is 5.90. The van der Waals surface area contributed by atoms with Gasteiger partial charge in [0.05, 0.1) is 6.54 Å². The maximum absolute atomic E-state index is 12.0. The minimum Gasteiger partial charge on any atom is -0.399 e. The van der Waals surface area contributed by atoms with Gasteiger partial charge in [-0.25, -0.2) is 0 Å². The summed E-state index contributed by atoms with van der Waals surface area (Å²) in [4.78, 5) is 15.8. The van der Waals surface area contributed by atoms with Crippen molar-refractivity contribution in [2.24, 2.45) is 0 Å². The average Bonchev–Trinajstić information content (AvgIpc) is 3.12. The Balaban J connectivity index is 1.96. The Kier molecular flexibility index (Phi) is 3.33. The fraction of sp³-hybridized carbons (Fsp3) is 0.462. The first-order valence-electron chi connectivity index (χ1n) is 5.90. The van der Waals surface area contributed by atoms with Crippen LogP contribution in [0.3, 0.4) is 0 Å². The lowest BCUT2D eigenvalue weighted by Crippen LogP contribution is -2.37. The third-order valence-corrected chi connectivity index (χ3v) is 3.21. The predicted molar refractivity (Wildman–Crippen MR) is 69.9 cm³/mol. The van der Waals surface area contributed by atoms with Crippen LogP contribution in [0.1, 0.15) is 12.8 Å². The van der Waals surface area contributed by atoms with E-state index in [4.69, 9.17) is 5.73 Å². The lowest BCUT2D eigenvalue weighted by Gasteiger charge is -2.21. The molecule has 0 spiro atoms. The molecule has 4 heteroatoms. The molecule has 0 radical (unpaired) electrons. The molecule has 1 aliphatic rings. The zero-order valence-electron chi connectivity index (χ0n) is 10.4. The number of anilines is 2. The minimum absolute atomic E-state index is 0.115. The number of nitrogens with two attached hydrogens (primary N) is 1. The molecular formula is C13H19N3O. The normalized spacial score (nSPS) is 15.0. The largest absolute Gasteiger partial charge is 0.399 e.